The van der Waals surface area contributed by atoms with E-state index in [-0.39, 0.29) is 11.9 Å². The number of likely N-dealkylation sites (tertiary alicyclic amines) is 1. The Morgan fingerprint density at radius 3 is 2.19 bits per heavy atom. The molecule has 2 aliphatic heterocycles. The van der Waals surface area contributed by atoms with Crippen molar-refractivity contribution in [2.24, 2.45) is 0 Å². The Morgan fingerprint density at radius 2 is 1.47 bits per heavy atom. The standard InChI is InChI=1S/C35H45N5O3/c1-2-38-22-24-40(25-23-38)27-28-12-14-30(15-13-28)34(41)26-36-18-21-39-19-16-31(17-20-39)43-35(42)37-33-11-7-6-10-32(33)29-8-4-3-5-9-29/h3-15,31,36H,2,16-27H2,1H3,(H,37,42). The van der Waals surface area contributed by atoms with Crippen molar-refractivity contribution in [1.29, 1.82) is 0 Å². The van der Waals surface area contributed by atoms with Gasteiger partial charge in [0, 0.05) is 70.0 Å². The van der Waals surface area contributed by atoms with Gasteiger partial charge in [-0.15, -0.1) is 0 Å². The number of hydrogen-bond acceptors (Lipinski definition) is 7. The van der Waals surface area contributed by atoms with E-state index < -0.39 is 6.09 Å². The molecule has 3 aromatic carbocycles. The first-order valence-corrected chi connectivity index (χ1v) is 15.7. The molecule has 228 valence electrons. The van der Waals surface area contributed by atoms with Gasteiger partial charge in [0.15, 0.2) is 5.78 Å². The van der Waals surface area contributed by atoms with Crippen molar-refractivity contribution in [3.05, 3.63) is 90.0 Å². The summed E-state index contributed by atoms with van der Waals surface area (Å²) in [6, 6.07) is 25.9. The van der Waals surface area contributed by atoms with Crippen molar-refractivity contribution in [2.75, 3.05) is 70.8 Å². The Labute approximate surface area is 256 Å². The Morgan fingerprint density at radius 1 is 0.791 bits per heavy atom. The van der Waals surface area contributed by atoms with E-state index in [0.717, 1.165) is 101 Å². The van der Waals surface area contributed by atoms with Crippen molar-refractivity contribution >= 4 is 17.6 Å². The van der Waals surface area contributed by atoms with E-state index in [1.165, 1.54) is 5.56 Å². The van der Waals surface area contributed by atoms with Crippen LogP contribution in [0.5, 0.6) is 0 Å². The van der Waals surface area contributed by atoms with Crippen LogP contribution in [0.25, 0.3) is 11.1 Å². The number of carbonyl (C=O) groups excluding carboxylic acids is 2. The SMILES string of the molecule is CCN1CCN(Cc2ccc(C(=O)CNCCN3CCC(OC(=O)Nc4ccccc4-c4ccccc4)CC3)cc2)CC1. The minimum atomic E-state index is -0.412. The van der Waals surface area contributed by atoms with Crippen LogP contribution in [0.4, 0.5) is 10.5 Å². The van der Waals surface area contributed by atoms with Gasteiger partial charge in [-0.3, -0.25) is 15.0 Å². The first kappa shape index (κ1) is 30.9. The monoisotopic (exact) mass is 583 g/mol. The van der Waals surface area contributed by atoms with Gasteiger partial charge < -0.3 is 19.9 Å². The van der Waals surface area contributed by atoms with E-state index >= 15 is 0 Å². The quantitative estimate of drug-likeness (QED) is 0.230. The lowest BCUT2D eigenvalue weighted by Crippen LogP contribution is -2.45. The number of nitrogens with zero attached hydrogens (tertiary/aromatic N) is 3. The van der Waals surface area contributed by atoms with Crippen molar-refractivity contribution in [3.63, 3.8) is 0 Å². The molecule has 3 aromatic rings. The van der Waals surface area contributed by atoms with Crippen molar-refractivity contribution in [1.82, 2.24) is 20.0 Å². The predicted octanol–water partition coefficient (Wildman–Crippen LogP) is 4.98. The summed E-state index contributed by atoms with van der Waals surface area (Å²) >= 11 is 0. The molecule has 0 unspecified atom stereocenters. The van der Waals surface area contributed by atoms with Gasteiger partial charge in [0.25, 0.3) is 0 Å². The molecule has 8 nitrogen and oxygen atoms in total. The molecule has 0 atom stereocenters. The van der Waals surface area contributed by atoms with Crippen LogP contribution in [0.15, 0.2) is 78.9 Å². The van der Waals surface area contributed by atoms with Crippen molar-refractivity contribution in [2.45, 2.75) is 32.4 Å². The highest BCUT2D eigenvalue weighted by Crippen LogP contribution is 2.28. The maximum Gasteiger partial charge on any atom is 0.411 e. The summed E-state index contributed by atoms with van der Waals surface area (Å²) in [5.41, 5.74) is 4.78. The van der Waals surface area contributed by atoms with Gasteiger partial charge in [-0.25, -0.2) is 4.79 Å². The fourth-order valence-corrected chi connectivity index (χ4v) is 5.86. The second kappa shape index (κ2) is 15.8. The zero-order valence-corrected chi connectivity index (χ0v) is 25.3. The summed E-state index contributed by atoms with van der Waals surface area (Å²) in [6.45, 7) is 12.4. The molecule has 0 aliphatic carbocycles. The normalized spacial score (nSPS) is 17.0. The number of benzene rings is 3. The van der Waals surface area contributed by atoms with E-state index in [0.29, 0.717) is 6.54 Å². The molecular weight excluding hydrogens is 538 g/mol. The summed E-state index contributed by atoms with van der Waals surface area (Å²) in [6.07, 6.45) is 1.09. The minimum Gasteiger partial charge on any atom is -0.446 e. The number of para-hydroxylation sites is 1. The van der Waals surface area contributed by atoms with Crippen LogP contribution in [-0.2, 0) is 11.3 Å². The molecule has 2 N–H and O–H groups in total. The van der Waals surface area contributed by atoms with Gasteiger partial charge in [0.1, 0.15) is 6.10 Å². The molecule has 2 aliphatic rings. The molecule has 5 rings (SSSR count). The second-order valence-corrected chi connectivity index (χ2v) is 11.5. The number of hydrogen-bond donors (Lipinski definition) is 2. The third-order valence-electron chi connectivity index (χ3n) is 8.54. The number of rotatable bonds is 12. The molecule has 43 heavy (non-hydrogen) atoms. The van der Waals surface area contributed by atoms with Gasteiger partial charge in [0.05, 0.1) is 12.2 Å². The van der Waals surface area contributed by atoms with Gasteiger partial charge in [-0.1, -0.05) is 79.7 Å². The molecule has 0 radical (unpaired) electrons. The van der Waals surface area contributed by atoms with E-state index in [4.69, 9.17) is 4.74 Å². The summed E-state index contributed by atoms with van der Waals surface area (Å²) < 4.78 is 5.76. The largest absolute Gasteiger partial charge is 0.446 e. The molecule has 1 amide bonds. The molecule has 2 fully saturated rings. The lowest BCUT2D eigenvalue weighted by Gasteiger charge is -2.34. The predicted molar refractivity (Wildman–Crippen MR) is 172 cm³/mol. The Balaban J connectivity index is 0.963. The van der Waals surface area contributed by atoms with E-state index in [1.807, 2.05) is 66.7 Å². The van der Waals surface area contributed by atoms with Crippen molar-refractivity contribution in [3.8, 4) is 11.1 Å². The fourth-order valence-electron chi connectivity index (χ4n) is 5.86. The number of ether oxygens (including phenoxy) is 1. The third-order valence-corrected chi connectivity index (χ3v) is 8.54. The maximum atomic E-state index is 12.7. The van der Waals surface area contributed by atoms with Gasteiger partial charge in [-0.05, 0) is 36.6 Å². The maximum absolute atomic E-state index is 12.7. The number of amides is 1. The summed E-state index contributed by atoms with van der Waals surface area (Å²) in [5, 5.41) is 6.25. The van der Waals surface area contributed by atoms with Crippen LogP contribution in [0.3, 0.4) is 0 Å². The van der Waals surface area contributed by atoms with E-state index in [1.54, 1.807) is 0 Å². The highest BCUT2D eigenvalue weighted by atomic mass is 16.6. The van der Waals surface area contributed by atoms with Crippen molar-refractivity contribution < 1.29 is 14.3 Å². The molecular formula is C35H45N5O3. The molecule has 0 aromatic heterocycles. The van der Waals surface area contributed by atoms with Gasteiger partial charge >= 0.3 is 6.09 Å². The lowest BCUT2D eigenvalue weighted by molar-refractivity contribution is 0.0593. The van der Waals surface area contributed by atoms with E-state index in [9.17, 15) is 9.59 Å². The number of nitrogens with one attached hydrogen (secondary N) is 2. The molecule has 2 heterocycles. The molecule has 0 saturated carbocycles. The number of likely N-dealkylation sites (N-methyl/N-ethyl adjacent to an activating group) is 1. The smallest absolute Gasteiger partial charge is 0.411 e. The van der Waals surface area contributed by atoms with Crippen LogP contribution in [-0.4, -0.2) is 98.1 Å². The summed E-state index contributed by atoms with van der Waals surface area (Å²) in [5.74, 6) is 0.120. The number of carbonyl (C=O) groups is 2. The number of Topliss-reactive ketones (excluding diaryl/α,β-unsaturated/α-hetero) is 1. The number of piperidine rings is 1. The minimum absolute atomic E-state index is 0.0985. The summed E-state index contributed by atoms with van der Waals surface area (Å²) in [4.78, 5) is 32.7. The number of ketones is 1. The van der Waals surface area contributed by atoms with E-state index in [2.05, 4.69) is 44.4 Å². The van der Waals surface area contributed by atoms with Crippen LogP contribution in [0.2, 0.25) is 0 Å². The molecule has 0 bridgehead atoms. The zero-order valence-electron chi connectivity index (χ0n) is 25.3. The molecule has 0 spiro atoms. The van der Waals surface area contributed by atoms with Crippen LogP contribution in [0, 0.1) is 0 Å². The summed E-state index contributed by atoms with van der Waals surface area (Å²) in [7, 11) is 0. The molecule has 2 saturated heterocycles. The average molecular weight is 584 g/mol. The van der Waals surface area contributed by atoms with Crippen LogP contribution >= 0.6 is 0 Å². The van der Waals surface area contributed by atoms with Gasteiger partial charge in [-0.2, -0.15) is 0 Å². The second-order valence-electron chi connectivity index (χ2n) is 11.5. The molecule has 8 heteroatoms. The first-order valence-electron chi connectivity index (χ1n) is 15.7. The topological polar surface area (TPSA) is 77.2 Å². The van der Waals surface area contributed by atoms with Gasteiger partial charge in [0.2, 0.25) is 0 Å². The fraction of sp³-hybridized carbons (Fsp3) is 0.429. The number of anilines is 1. The third kappa shape index (κ3) is 9.21. The Hall–Kier alpha value is -3.56. The van der Waals surface area contributed by atoms with Crippen LogP contribution in [0.1, 0.15) is 35.7 Å². The Kier molecular flexibility index (Phi) is 11.3. The average Bonchev–Trinajstić information content (AvgIpc) is 3.05. The lowest BCUT2D eigenvalue weighted by atomic mass is 10.0. The highest BCUT2D eigenvalue weighted by molar-refractivity contribution is 5.97. The zero-order chi connectivity index (χ0) is 29.9. The first-order chi connectivity index (χ1) is 21.1. The Bertz CT molecular complexity index is 1300. The highest BCUT2D eigenvalue weighted by Gasteiger charge is 2.23. The number of piperazine rings is 1. The van der Waals surface area contributed by atoms with Crippen LogP contribution < -0.4 is 10.6 Å².